The molecular weight excluding hydrogens is 396 g/mol. The fraction of sp³-hybridized carbons (Fsp3) is 0.188. The van der Waals surface area contributed by atoms with Gasteiger partial charge in [-0.15, -0.1) is 0 Å². The lowest BCUT2D eigenvalue weighted by molar-refractivity contribution is -0.115. The van der Waals surface area contributed by atoms with E-state index in [-0.39, 0.29) is 12.5 Å². The van der Waals surface area contributed by atoms with Gasteiger partial charge >= 0.3 is 0 Å². The highest BCUT2D eigenvalue weighted by atomic mass is 79.9. The van der Waals surface area contributed by atoms with Gasteiger partial charge in [0.25, 0.3) is 0 Å². The largest absolute Gasteiger partial charge is 0.324 e. The monoisotopic (exact) mass is 410 g/mol. The molecule has 0 saturated carbocycles. The van der Waals surface area contributed by atoms with Crippen LogP contribution in [-0.4, -0.2) is 12.5 Å². The van der Waals surface area contributed by atoms with Crippen LogP contribution in [0, 0.1) is 6.92 Å². The van der Waals surface area contributed by atoms with Gasteiger partial charge in [-0.2, -0.15) is 0 Å². The van der Waals surface area contributed by atoms with Crippen molar-refractivity contribution < 1.29 is 4.79 Å². The molecule has 0 aliphatic carbocycles. The van der Waals surface area contributed by atoms with E-state index in [4.69, 9.17) is 0 Å². The predicted molar refractivity (Wildman–Crippen MR) is 93.4 cm³/mol. The zero-order chi connectivity index (χ0) is 15.2. The Labute approximate surface area is 141 Å². The molecule has 5 heteroatoms. The van der Waals surface area contributed by atoms with Gasteiger partial charge in [0.05, 0.1) is 12.2 Å². The van der Waals surface area contributed by atoms with E-state index in [9.17, 15) is 4.79 Å². The molecule has 3 nitrogen and oxygen atoms in total. The minimum Gasteiger partial charge on any atom is -0.324 e. The molecule has 2 rings (SSSR count). The van der Waals surface area contributed by atoms with Crippen LogP contribution >= 0.6 is 31.9 Å². The first kappa shape index (κ1) is 16.2. The van der Waals surface area contributed by atoms with Gasteiger partial charge in [0, 0.05) is 15.5 Å². The maximum Gasteiger partial charge on any atom is 0.238 e. The SMILES string of the molecule is Cc1cc(Br)cc(Br)c1NC(=O)CNCc1ccccc1. The summed E-state index contributed by atoms with van der Waals surface area (Å²) in [6.07, 6.45) is 0. The third kappa shape index (κ3) is 4.95. The first-order valence-corrected chi connectivity index (χ1v) is 8.15. The third-order valence-corrected chi connectivity index (χ3v) is 4.06. The Kier molecular flexibility index (Phi) is 5.96. The summed E-state index contributed by atoms with van der Waals surface area (Å²) in [6, 6.07) is 13.9. The quantitative estimate of drug-likeness (QED) is 0.772. The van der Waals surface area contributed by atoms with Gasteiger partial charge in [0.15, 0.2) is 0 Å². The van der Waals surface area contributed by atoms with Crippen molar-refractivity contribution in [2.45, 2.75) is 13.5 Å². The number of nitrogens with one attached hydrogen (secondary N) is 2. The van der Waals surface area contributed by atoms with Crippen LogP contribution in [-0.2, 0) is 11.3 Å². The highest BCUT2D eigenvalue weighted by Crippen LogP contribution is 2.30. The molecule has 0 aromatic heterocycles. The fourth-order valence-corrected chi connectivity index (χ4v) is 3.50. The number of rotatable bonds is 5. The van der Waals surface area contributed by atoms with Crippen molar-refractivity contribution in [1.29, 1.82) is 0 Å². The van der Waals surface area contributed by atoms with Gasteiger partial charge in [0.2, 0.25) is 5.91 Å². The highest BCUT2D eigenvalue weighted by Gasteiger charge is 2.09. The zero-order valence-corrected chi connectivity index (χ0v) is 14.8. The van der Waals surface area contributed by atoms with Crippen molar-refractivity contribution in [3.63, 3.8) is 0 Å². The Bertz CT molecular complexity index is 606. The lowest BCUT2D eigenvalue weighted by Crippen LogP contribution is -2.28. The summed E-state index contributed by atoms with van der Waals surface area (Å²) >= 11 is 6.89. The average Bonchev–Trinajstić information content (AvgIpc) is 2.44. The minimum absolute atomic E-state index is 0.0583. The maximum absolute atomic E-state index is 12.0. The Morgan fingerprint density at radius 2 is 1.86 bits per heavy atom. The topological polar surface area (TPSA) is 41.1 Å². The van der Waals surface area contributed by atoms with Crippen LogP contribution in [0.25, 0.3) is 0 Å². The molecule has 0 heterocycles. The Morgan fingerprint density at radius 1 is 1.14 bits per heavy atom. The number of halogens is 2. The second-order valence-corrected chi connectivity index (χ2v) is 6.49. The summed E-state index contributed by atoms with van der Waals surface area (Å²) in [7, 11) is 0. The summed E-state index contributed by atoms with van der Waals surface area (Å²) in [5, 5.41) is 6.06. The smallest absolute Gasteiger partial charge is 0.238 e. The zero-order valence-electron chi connectivity index (χ0n) is 11.6. The molecule has 0 spiro atoms. The van der Waals surface area contributed by atoms with Gasteiger partial charge in [-0.25, -0.2) is 0 Å². The summed E-state index contributed by atoms with van der Waals surface area (Å²) < 4.78 is 1.85. The Balaban J connectivity index is 1.88. The Hall–Kier alpha value is -1.17. The van der Waals surface area contributed by atoms with Gasteiger partial charge in [0.1, 0.15) is 0 Å². The third-order valence-electron chi connectivity index (χ3n) is 2.97. The summed E-state index contributed by atoms with van der Waals surface area (Å²) in [6.45, 7) is 2.91. The van der Waals surface area contributed by atoms with E-state index in [0.717, 1.165) is 25.8 Å². The van der Waals surface area contributed by atoms with E-state index in [1.807, 2.05) is 49.4 Å². The molecule has 0 aliphatic rings. The molecule has 0 aliphatic heterocycles. The summed E-state index contributed by atoms with van der Waals surface area (Å²) in [4.78, 5) is 12.0. The number of carbonyl (C=O) groups is 1. The second-order valence-electron chi connectivity index (χ2n) is 4.72. The van der Waals surface area contributed by atoms with Crippen molar-refractivity contribution >= 4 is 43.5 Å². The number of hydrogen-bond acceptors (Lipinski definition) is 2. The number of hydrogen-bond donors (Lipinski definition) is 2. The van der Waals surface area contributed by atoms with E-state index >= 15 is 0 Å². The molecule has 110 valence electrons. The number of anilines is 1. The van der Waals surface area contributed by atoms with E-state index < -0.39 is 0 Å². The second kappa shape index (κ2) is 7.73. The van der Waals surface area contributed by atoms with Crippen LogP contribution in [0.4, 0.5) is 5.69 Å². The lowest BCUT2D eigenvalue weighted by atomic mass is 10.2. The number of benzene rings is 2. The molecule has 1 amide bonds. The van der Waals surface area contributed by atoms with Crippen LogP contribution in [0.5, 0.6) is 0 Å². The van der Waals surface area contributed by atoms with Crippen molar-refractivity contribution in [2.24, 2.45) is 0 Å². The van der Waals surface area contributed by atoms with E-state index in [2.05, 4.69) is 42.5 Å². The summed E-state index contributed by atoms with van der Waals surface area (Å²) in [5.74, 6) is -0.0583. The first-order valence-electron chi connectivity index (χ1n) is 6.56. The van der Waals surface area contributed by atoms with Crippen LogP contribution in [0.2, 0.25) is 0 Å². The van der Waals surface area contributed by atoms with Crippen molar-refractivity contribution in [1.82, 2.24) is 5.32 Å². The van der Waals surface area contributed by atoms with Crippen LogP contribution in [0.15, 0.2) is 51.4 Å². The molecule has 0 saturated heterocycles. The van der Waals surface area contributed by atoms with Crippen molar-refractivity contribution in [2.75, 3.05) is 11.9 Å². The molecule has 0 bridgehead atoms. The summed E-state index contributed by atoms with van der Waals surface area (Å²) in [5.41, 5.74) is 2.98. The molecule has 2 aromatic carbocycles. The molecule has 0 fully saturated rings. The van der Waals surface area contributed by atoms with E-state index in [0.29, 0.717) is 6.54 Å². The average molecular weight is 412 g/mol. The van der Waals surface area contributed by atoms with Crippen LogP contribution in [0.1, 0.15) is 11.1 Å². The van der Waals surface area contributed by atoms with Crippen molar-refractivity contribution in [3.05, 3.63) is 62.5 Å². The number of amides is 1. The molecular formula is C16H16Br2N2O. The van der Waals surface area contributed by atoms with Gasteiger partial charge < -0.3 is 10.6 Å². The standard InChI is InChI=1S/C16H16Br2N2O/c1-11-7-13(17)8-14(18)16(11)20-15(21)10-19-9-12-5-3-2-4-6-12/h2-8,19H,9-10H2,1H3,(H,20,21). The first-order chi connectivity index (χ1) is 10.1. The minimum atomic E-state index is -0.0583. The molecule has 2 aromatic rings. The molecule has 2 N–H and O–H groups in total. The van der Waals surface area contributed by atoms with Crippen molar-refractivity contribution in [3.8, 4) is 0 Å². The maximum atomic E-state index is 12.0. The number of carbonyl (C=O) groups excluding carboxylic acids is 1. The fourth-order valence-electron chi connectivity index (χ4n) is 1.96. The Morgan fingerprint density at radius 3 is 2.52 bits per heavy atom. The normalized spacial score (nSPS) is 10.4. The predicted octanol–water partition coefficient (Wildman–Crippen LogP) is 4.25. The lowest BCUT2D eigenvalue weighted by Gasteiger charge is -2.12. The van der Waals surface area contributed by atoms with E-state index in [1.54, 1.807) is 0 Å². The van der Waals surface area contributed by atoms with Gasteiger partial charge in [-0.1, -0.05) is 46.3 Å². The van der Waals surface area contributed by atoms with Gasteiger partial charge in [-0.05, 0) is 46.1 Å². The van der Waals surface area contributed by atoms with Crippen LogP contribution < -0.4 is 10.6 Å². The highest BCUT2D eigenvalue weighted by molar-refractivity contribution is 9.11. The molecule has 0 unspecified atom stereocenters. The number of aryl methyl sites for hydroxylation is 1. The van der Waals surface area contributed by atoms with E-state index in [1.165, 1.54) is 0 Å². The van der Waals surface area contributed by atoms with Gasteiger partial charge in [-0.3, -0.25) is 4.79 Å². The molecule has 0 atom stereocenters. The molecule has 0 radical (unpaired) electrons. The van der Waals surface area contributed by atoms with Crippen LogP contribution in [0.3, 0.4) is 0 Å². The molecule has 21 heavy (non-hydrogen) atoms.